The van der Waals surface area contributed by atoms with Crippen LogP contribution in [0.15, 0.2) is 48.7 Å². The van der Waals surface area contributed by atoms with Crippen LogP contribution >= 0.6 is 11.6 Å². The molecular formula is C25H19ClF2N2O4. The van der Waals surface area contributed by atoms with Crippen molar-refractivity contribution in [2.75, 3.05) is 26.3 Å². The van der Waals surface area contributed by atoms with Crippen LogP contribution in [0.2, 0.25) is 5.02 Å². The molecule has 2 aromatic carbocycles. The summed E-state index contributed by atoms with van der Waals surface area (Å²) in [5, 5.41) is 0.485. The van der Waals surface area contributed by atoms with E-state index in [-0.39, 0.29) is 30.3 Å². The van der Waals surface area contributed by atoms with Gasteiger partial charge in [-0.05, 0) is 35.9 Å². The Bertz CT molecular complexity index is 1290. The van der Waals surface area contributed by atoms with Gasteiger partial charge in [0.15, 0.2) is 5.78 Å². The number of fused-ring (bicyclic) bond motifs is 1. The van der Waals surface area contributed by atoms with Gasteiger partial charge in [-0.1, -0.05) is 11.6 Å². The molecule has 1 saturated heterocycles. The highest BCUT2D eigenvalue weighted by atomic mass is 35.5. The monoisotopic (exact) mass is 484 g/mol. The number of carbonyl (C=O) groups is 2. The Morgan fingerprint density at radius 3 is 2.79 bits per heavy atom. The first-order valence-electron chi connectivity index (χ1n) is 10.7. The molecule has 1 amide bonds. The molecule has 2 aliphatic rings. The van der Waals surface area contributed by atoms with Crippen LogP contribution in [0.25, 0.3) is 11.1 Å². The molecule has 6 nitrogen and oxygen atoms in total. The average molecular weight is 485 g/mol. The van der Waals surface area contributed by atoms with Crippen molar-refractivity contribution in [1.29, 1.82) is 0 Å². The molecule has 9 heteroatoms. The van der Waals surface area contributed by atoms with Gasteiger partial charge in [0.2, 0.25) is 5.95 Å². The minimum absolute atomic E-state index is 0.0484. The fourth-order valence-electron chi connectivity index (χ4n) is 4.10. The summed E-state index contributed by atoms with van der Waals surface area (Å²) in [6.45, 7) is 1.04. The lowest BCUT2D eigenvalue weighted by atomic mass is 9.97. The Morgan fingerprint density at radius 2 is 2.00 bits per heavy atom. The van der Waals surface area contributed by atoms with Crippen molar-refractivity contribution in [2.45, 2.75) is 6.42 Å². The zero-order chi connectivity index (χ0) is 23.8. The summed E-state index contributed by atoms with van der Waals surface area (Å²) in [5.41, 5.74) is 1.66. The van der Waals surface area contributed by atoms with Crippen molar-refractivity contribution in [1.82, 2.24) is 9.88 Å². The molecule has 0 unspecified atom stereocenters. The van der Waals surface area contributed by atoms with E-state index in [2.05, 4.69) is 4.98 Å². The van der Waals surface area contributed by atoms with Crippen molar-refractivity contribution in [3.8, 4) is 22.6 Å². The predicted molar refractivity (Wildman–Crippen MR) is 120 cm³/mol. The standard InChI is InChI=1S/C25H19ClF2N2O4/c26-17-1-2-22(19(8-17)15-3-4-29-24(28)7-15)33-12-14-10-30(11-14)25(32)20-6-16-5-18(31)13-34-23(16)9-21(20)27/h1-4,6-9,14H,5,10-13H2. The summed E-state index contributed by atoms with van der Waals surface area (Å²) < 4.78 is 39.3. The molecule has 3 heterocycles. The van der Waals surface area contributed by atoms with Crippen LogP contribution in [0.5, 0.6) is 11.5 Å². The Labute approximate surface area is 199 Å². The highest BCUT2D eigenvalue weighted by Gasteiger charge is 2.34. The number of carbonyl (C=O) groups excluding carboxylic acids is 2. The van der Waals surface area contributed by atoms with E-state index in [4.69, 9.17) is 21.1 Å². The fourth-order valence-corrected chi connectivity index (χ4v) is 4.27. The van der Waals surface area contributed by atoms with Gasteiger partial charge in [0.05, 0.1) is 12.2 Å². The first kappa shape index (κ1) is 22.3. The van der Waals surface area contributed by atoms with Gasteiger partial charge in [0, 0.05) is 59.9 Å². The van der Waals surface area contributed by atoms with Crippen LogP contribution in [0.1, 0.15) is 15.9 Å². The Balaban J connectivity index is 1.23. The fraction of sp³-hybridized carbons (Fsp3) is 0.240. The Morgan fingerprint density at radius 1 is 1.18 bits per heavy atom. The lowest BCUT2D eigenvalue weighted by molar-refractivity contribution is -0.121. The van der Waals surface area contributed by atoms with Crippen LogP contribution in [0.4, 0.5) is 8.78 Å². The molecule has 1 fully saturated rings. The molecule has 2 aliphatic heterocycles. The van der Waals surface area contributed by atoms with E-state index in [9.17, 15) is 18.4 Å². The second kappa shape index (κ2) is 9.02. The summed E-state index contributed by atoms with van der Waals surface area (Å²) in [6, 6.07) is 10.6. The molecule has 0 atom stereocenters. The first-order valence-corrected chi connectivity index (χ1v) is 11.1. The van der Waals surface area contributed by atoms with Crippen LogP contribution in [0, 0.1) is 17.7 Å². The molecule has 0 bridgehead atoms. The summed E-state index contributed by atoms with van der Waals surface area (Å²) >= 11 is 6.12. The second-order valence-corrected chi connectivity index (χ2v) is 8.78. The molecule has 0 saturated carbocycles. The number of likely N-dealkylation sites (tertiary alicyclic amines) is 1. The van der Waals surface area contributed by atoms with Crippen molar-refractivity contribution in [2.24, 2.45) is 5.92 Å². The number of hydrogen-bond donors (Lipinski definition) is 0. The summed E-state index contributed by atoms with van der Waals surface area (Å²) in [6.07, 6.45) is 1.49. The SMILES string of the molecule is O=C1COc2cc(F)c(C(=O)N3CC(COc4ccc(Cl)cc4-c4ccnc(F)c4)C3)cc2C1. The largest absolute Gasteiger partial charge is 0.493 e. The molecule has 0 aliphatic carbocycles. The predicted octanol–water partition coefficient (Wildman–Crippen LogP) is 4.34. The molecule has 1 aromatic heterocycles. The quantitative estimate of drug-likeness (QED) is 0.504. The van der Waals surface area contributed by atoms with E-state index in [1.54, 1.807) is 24.3 Å². The number of ketones is 1. The number of amides is 1. The Hall–Kier alpha value is -3.52. The number of rotatable bonds is 5. The van der Waals surface area contributed by atoms with E-state index in [0.717, 1.165) is 0 Å². The summed E-state index contributed by atoms with van der Waals surface area (Å²) in [4.78, 5) is 29.5. The third kappa shape index (κ3) is 4.46. The minimum Gasteiger partial charge on any atom is -0.493 e. The molecule has 3 aromatic rings. The van der Waals surface area contributed by atoms with Crippen molar-refractivity contribution >= 4 is 23.3 Å². The van der Waals surface area contributed by atoms with Gasteiger partial charge in [-0.3, -0.25) is 9.59 Å². The topological polar surface area (TPSA) is 68.7 Å². The summed E-state index contributed by atoms with van der Waals surface area (Å²) in [5.74, 6) is -0.951. The first-order chi connectivity index (χ1) is 16.4. The zero-order valence-corrected chi connectivity index (χ0v) is 18.6. The summed E-state index contributed by atoms with van der Waals surface area (Å²) in [7, 11) is 0. The maximum atomic E-state index is 14.5. The zero-order valence-electron chi connectivity index (χ0n) is 17.9. The Kier molecular flexibility index (Phi) is 5.91. The van der Waals surface area contributed by atoms with Gasteiger partial charge in [-0.25, -0.2) is 9.37 Å². The third-order valence-electron chi connectivity index (χ3n) is 5.85. The van der Waals surface area contributed by atoms with Gasteiger partial charge in [0.25, 0.3) is 5.91 Å². The average Bonchev–Trinajstić information content (AvgIpc) is 2.78. The number of hydrogen-bond acceptors (Lipinski definition) is 5. The number of pyridine rings is 1. The highest BCUT2D eigenvalue weighted by molar-refractivity contribution is 6.31. The minimum atomic E-state index is -0.673. The molecule has 174 valence electrons. The number of aromatic nitrogens is 1. The maximum absolute atomic E-state index is 14.5. The highest BCUT2D eigenvalue weighted by Crippen LogP contribution is 2.34. The van der Waals surface area contributed by atoms with Gasteiger partial charge in [0.1, 0.15) is 23.9 Å². The lowest BCUT2D eigenvalue weighted by Crippen LogP contribution is -2.52. The normalized spacial score (nSPS) is 15.4. The van der Waals surface area contributed by atoms with Gasteiger partial charge < -0.3 is 14.4 Å². The van der Waals surface area contributed by atoms with Gasteiger partial charge in [-0.2, -0.15) is 4.39 Å². The van der Waals surface area contributed by atoms with E-state index in [0.29, 0.717) is 52.9 Å². The number of nitrogens with zero attached hydrogens (tertiary/aromatic N) is 2. The molecule has 0 N–H and O–H groups in total. The second-order valence-electron chi connectivity index (χ2n) is 8.34. The van der Waals surface area contributed by atoms with Crippen molar-refractivity contribution < 1.29 is 27.8 Å². The third-order valence-corrected chi connectivity index (χ3v) is 6.09. The van der Waals surface area contributed by atoms with Crippen molar-refractivity contribution in [3.63, 3.8) is 0 Å². The smallest absolute Gasteiger partial charge is 0.256 e. The van der Waals surface area contributed by atoms with Crippen LogP contribution in [-0.2, 0) is 11.2 Å². The number of halogens is 3. The van der Waals surface area contributed by atoms with Crippen LogP contribution in [-0.4, -0.2) is 47.9 Å². The number of ether oxygens (including phenoxy) is 2. The molecule has 5 rings (SSSR count). The molecular weight excluding hydrogens is 466 g/mol. The molecule has 34 heavy (non-hydrogen) atoms. The number of benzene rings is 2. The van der Waals surface area contributed by atoms with E-state index < -0.39 is 17.7 Å². The van der Waals surface area contributed by atoms with E-state index >= 15 is 0 Å². The van der Waals surface area contributed by atoms with Crippen LogP contribution in [0.3, 0.4) is 0 Å². The van der Waals surface area contributed by atoms with Gasteiger partial charge >= 0.3 is 0 Å². The molecule has 0 radical (unpaired) electrons. The lowest BCUT2D eigenvalue weighted by Gasteiger charge is -2.39. The van der Waals surface area contributed by atoms with Crippen molar-refractivity contribution in [3.05, 3.63) is 76.6 Å². The van der Waals surface area contributed by atoms with E-state index in [1.807, 2.05) is 0 Å². The maximum Gasteiger partial charge on any atom is 0.256 e. The van der Waals surface area contributed by atoms with E-state index in [1.165, 1.54) is 29.3 Å². The number of Topliss-reactive ketones (excluding diaryl/α,β-unsaturated/α-hetero) is 1. The van der Waals surface area contributed by atoms with Gasteiger partial charge in [-0.15, -0.1) is 0 Å². The van der Waals surface area contributed by atoms with Crippen LogP contribution < -0.4 is 9.47 Å². The molecule has 0 spiro atoms.